The quantitative estimate of drug-likeness (QED) is 0.654. The first-order chi connectivity index (χ1) is 5.58. The molecule has 0 aromatic carbocycles. The van der Waals surface area contributed by atoms with E-state index in [1.54, 1.807) is 12.2 Å². The molecule has 0 spiro atoms. The van der Waals surface area contributed by atoms with Crippen LogP contribution in [0.25, 0.3) is 0 Å². The van der Waals surface area contributed by atoms with E-state index < -0.39 is 19.0 Å². The number of hydrogen-bond donors (Lipinski definition) is 0. The fourth-order valence-electron chi connectivity index (χ4n) is 0.642. The van der Waals surface area contributed by atoms with E-state index in [1.807, 2.05) is 0 Å². The molecule has 67 valence electrons. The van der Waals surface area contributed by atoms with E-state index >= 15 is 0 Å². The first-order valence-corrected chi connectivity index (χ1v) is 3.26. The van der Waals surface area contributed by atoms with Crippen molar-refractivity contribution in [1.29, 1.82) is 0 Å². The van der Waals surface area contributed by atoms with Gasteiger partial charge in [-0.25, -0.2) is 0 Å². The molecule has 0 aliphatic carbocycles. The summed E-state index contributed by atoms with van der Waals surface area (Å²) in [5.41, 5.74) is 0. The predicted octanol–water partition coefficient (Wildman–Crippen LogP) is 1.45. The zero-order valence-electron chi connectivity index (χ0n) is 6.07. The summed E-state index contributed by atoms with van der Waals surface area (Å²) in [5, 5.41) is 9.79. The highest BCUT2D eigenvalue weighted by atomic mass is 19.3. The first kappa shape index (κ1) is 9.15. The van der Waals surface area contributed by atoms with Crippen LogP contribution in [0.4, 0.5) is 8.78 Å². The molecule has 1 unspecified atom stereocenters. The van der Waals surface area contributed by atoms with Crippen molar-refractivity contribution in [3.63, 3.8) is 0 Å². The number of halogens is 2. The molecular weight excluding hydrogens is 170 g/mol. The molecular formula is C7H7F2O3. The summed E-state index contributed by atoms with van der Waals surface area (Å²) in [6, 6.07) is 0. The molecule has 0 bridgehead atoms. The lowest BCUT2D eigenvalue weighted by molar-refractivity contribution is -0.283. The predicted molar refractivity (Wildman–Crippen MR) is 34.7 cm³/mol. The lowest BCUT2D eigenvalue weighted by atomic mass is 10.4. The van der Waals surface area contributed by atoms with Gasteiger partial charge in [0.15, 0.2) is 0 Å². The largest absolute Gasteiger partial charge is 0.469 e. The molecule has 5 heteroatoms. The summed E-state index contributed by atoms with van der Waals surface area (Å²) in [7, 11) is 0. The highest BCUT2D eigenvalue weighted by Gasteiger charge is 2.28. The first-order valence-electron chi connectivity index (χ1n) is 3.26. The van der Waals surface area contributed by atoms with E-state index in [1.165, 1.54) is 12.3 Å². The second-order valence-corrected chi connectivity index (χ2v) is 2.17. The van der Waals surface area contributed by atoms with Gasteiger partial charge in [0.2, 0.25) is 6.29 Å². The van der Waals surface area contributed by atoms with Crippen molar-refractivity contribution in [1.82, 2.24) is 0 Å². The Morgan fingerprint density at radius 1 is 1.50 bits per heavy atom. The lowest BCUT2D eigenvalue weighted by Gasteiger charge is -2.16. The third-order valence-electron chi connectivity index (χ3n) is 1.09. The van der Waals surface area contributed by atoms with Gasteiger partial charge in [-0.15, -0.1) is 0 Å². The van der Waals surface area contributed by atoms with Gasteiger partial charge in [0.05, 0.1) is 6.26 Å². The Bertz CT molecular complexity index is 195. The van der Waals surface area contributed by atoms with Crippen molar-refractivity contribution in [3.8, 4) is 0 Å². The molecule has 0 saturated carbocycles. The second kappa shape index (κ2) is 3.64. The normalized spacial score (nSPS) is 22.4. The third kappa shape index (κ3) is 3.45. The molecule has 0 saturated heterocycles. The van der Waals surface area contributed by atoms with Crippen LogP contribution in [0.2, 0.25) is 0 Å². The Morgan fingerprint density at radius 2 is 2.25 bits per heavy atom. The molecule has 1 radical (unpaired) electrons. The van der Waals surface area contributed by atoms with Gasteiger partial charge in [0, 0.05) is 0 Å². The standard InChI is InChI=1S/C7H7F2O3/c8-7(9,10)5-12-6-3-1-2-4-11-6/h1-4,6H,5H2. The minimum absolute atomic E-state index is 0.880. The van der Waals surface area contributed by atoms with E-state index in [-0.39, 0.29) is 0 Å². The molecule has 1 aliphatic heterocycles. The van der Waals surface area contributed by atoms with E-state index in [0.717, 1.165) is 0 Å². The number of hydrogen-bond acceptors (Lipinski definition) is 2. The van der Waals surface area contributed by atoms with Gasteiger partial charge >= 0.3 is 6.11 Å². The molecule has 12 heavy (non-hydrogen) atoms. The van der Waals surface area contributed by atoms with Gasteiger partial charge in [-0.05, 0) is 12.2 Å². The molecule has 0 aromatic heterocycles. The Labute approximate surface area is 67.9 Å². The Kier molecular flexibility index (Phi) is 2.78. The Morgan fingerprint density at radius 3 is 2.75 bits per heavy atom. The average molecular weight is 177 g/mol. The average Bonchev–Trinajstić information content (AvgIpc) is 2.02. The van der Waals surface area contributed by atoms with Crippen LogP contribution in [-0.2, 0) is 14.6 Å². The summed E-state index contributed by atoms with van der Waals surface area (Å²) < 4.78 is 32.5. The van der Waals surface area contributed by atoms with Crippen LogP contribution >= 0.6 is 0 Å². The summed E-state index contributed by atoms with van der Waals surface area (Å²) in [5.74, 6) is 0. The lowest BCUT2D eigenvalue weighted by Crippen LogP contribution is -2.25. The Balaban J connectivity index is 2.24. The van der Waals surface area contributed by atoms with Gasteiger partial charge in [-0.1, -0.05) is 6.08 Å². The van der Waals surface area contributed by atoms with Crippen LogP contribution in [0.5, 0.6) is 0 Å². The van der Waals surface area contributed by atoms with Crippen LogP contribution in [0.3, 0.4) is 0 Å². The minimum Gasteiger partial charge on any atom is -0.469 e. The summed E-state index contributed by atoms with van der Waals surface area (Å²) in [6.45, 7) is -1.18. The topological polar surface area (TPSA) is 38.4 Å². The van der Waals surface area contributed by atoms with E-state index in [9.17, 15) is 13.9 Å². The molecule has 3 nitrogen and oxygen atoms in total. The molecule has 0 N–H and O–H groups in total. The van der Waals surface area contributed by atoms with Crippen molar-refractivity contribution in [2.45, 2.75) is 12.4 Å². The molecule has 1 rings (SSSR count). The van der Waals surface area contributed by atoms with Gasteiger partial charge in [-0.2, -0.15) is 13.9 Å². The molecule has 0 fully saturated rings. The van der Waals surface area contributed by atoms with Gasteiger partial charge in [-0.3, -0.25) is 0 Å². The monoisotopic (exact) mass is 177 g/mol. The van der Waals surface area contributed by atoms with Crippen LogP contribution in [0, 0.1) is 0 Å². The zero-order chi connectivity index (χ0) is 9.03. The molecule has 1 atom stereocenters. The van der Waals surface area contributed by atoms with E-state index in [0.29, 0.717) is 0 Å². The summed E-state index contributed by atoms with van der Waals surface area (Å²) >= 11 is 0. The molecule has 0 amide bonds. The van der Waals surface area contributed by atoms with Gasteiger partial charge in [0.25, 0.3) is 0 Å². The second-order valence-electron chi connectivity index (χ2n) is 2.17. The van der Waals surface area contributed by atoms with Crippen LogP contribution in [0.15, 0.2) is 24.5 Å². The smallest absolute Gasteiger partial charge is 0.404 e. The van der Waals surface area contributed by atoms with Crippen LogP contribution in [0.1, 0.15) is 0 Å². The minimum atomic E-state index is -4.06. The van der Waals surface area contributed by atoms with Gasteiger partial charge < -0.3 is 9.47 Å². The van der Waals surface area contributed by atoms with Crippen molar-refractivity contribution in [2.75, 3.05) is 6.61 Å². The highest BCUT2D eigenvalue weighted by molar-refractivity contribution is 5.05. The number of rotatable bonds is 3. The fraction of sp³-hybridized carbons (Fsp3) is 0.429. The number of allylic oxidation sites excluding steroid dienone is 2. The summed E-state index contributed by atoms with van der Waals surface area (Å²) in [6.07, 6.45) is 0.944. The fourth-order valence-corrected chi connectivity index (χ4v) is 0.642. The van der Waals surface area contributed by atoms with Crippen molar-refractivity contribution >= 4 is 0 Å². The van der Waals surface area contributed by atoms with Crippen molar-refractivity contribution < 1.29 is 23.4 Å². The SMILES string of the molecule is [O]C(F)(F)COC1C=CC=CO1. The van der Waals surface area contributed by atoms with Crippen LogP contribution < -0.4 is 0 Å². The van der Waals surface area contributed by atoms with E-state index in [4.69, 9.17) is 4.74 Å². The van der Waals surface area contributed by atoms with Crippen LogP contribution in [-0.4, -0.2) is 19.0 Å². The van der Waals surface area contributed by atoms with E-state index in [2.05, 4.69) is 4.74 Å². The maximum absolute atomic E-state index is 11.7. The maximum Gasteiger partial charge on any atom is 0.404 e. The maximum atomic E-state index is 11.7. The molecule has 1 aliphatic rings. The zero-order valence-corrected chi connectivity index (χ0v) is 6.07. The van der Waals surface area contributed by atoms with Crippen molar-refractivity contribution in [2.24, 2.45) is 0 Å². The van der Waals surface area contributed by atoms with Gasteiger partial charge in [0.1, 0.15) is 6.61 Å². The Hall–Kier alpha value is -0.940. The highest BCUT2D eigenvalue weighted by Crippen LogP contribution is 2.12. The van der Waals surface area contributed by atoms with Crippen molar-refractivity contribution in [3.05, 3.63) is 24.5 Å². The number of ether oxygens (including phenoxy) is 2. The molecule has 0 aromatic rings. The summed E-state index contributed by atoms with van der Waals surface area (Å²) in [4.78, 5) is 0. The molecule has 1 heterocycles. The number of alkyl halides is 2. The third-order valence-corrected chi connectivity index (χ3v) is 1.09.